The molecule has 1 amide bonds. The summed E-state index contributed by atoms with van der Waals surface area (Å²) in [4.78, 5) is 39.8. The van der Waals surface area contributed by atoms with Gasteiger partial charge in [0.25, 0.3) is 5.56 Å². The third-order valence-corrected chi connectivity index (χ3v) is 7.07. The number of allylic oxidation sites excluding steroid dienone is 2. The van der Waals surface area contributed by atoms with Crippen molar-refractivity contribution in [3.05, 3.63) is 70.4 Å². The third kappa shape index (κ3) is 3.76. The maximum Gasteiger partial charge on any atom is 0.280 e. The van der Waals surface area contributed by atoms with Crippen molar-refractivity contribution in [3.63, 3.8) is 0 Å². The van der Waals surface area contributed by atoms with Crippen LogP contribution in [0.1, 0.15) is 29.6 Å². The predicted molar refractivity (Wildman–Crippen MR) is 132 cm³/mol. The Bertz CT molecular complexity index is 1550. The largest absolute Gasteiger partial charge is 0.347 e. The number of aryl methyl sites for hydroxylation is 1. The van der Waals surface area contributed by atoms with Gasteiger partial charge in [0.05, 0.1) is 6.54 Å². The predicted octanol–water partition coefficient (Wildman–Crippen LogP) is 1.88. The molecular weight excluding hydrogens is 460 g/mol. The summed E-state index contributed by atoms with van der Waals surface area (Å²) >= 11 is 0. The van der Waals surface area contributed by atoms with Crippen molar-refractivity contribution < 1.29 is 9.32 Å². The number of hydrogen-bond acceptors (Lipinski definition) is 8. The van der Waals surface area contributed by atoms with Crippen LogP contribution in [-0.2, 0) is 18.4 Å². The van der Waals surface area contributed by atoms with Crippen LogP contribution in [0.5, 0.6) is 0 Å². The molecule has 0 spiro atoms. The number of carbonyl (C=O) groups excluding carboxylic acids is 1. The summed E-state index contributed by atoms with van der Waals surface area (Å²) in [6.07, 6.45) is 4.78. The highest BCUT2D eigenvalue weighted by Gasteiger charge is 2.55. The summed E-state index contributed by atoms with van der Waals surface area (Å²) in [5, 5.41) is 7.17. The molecule has 184 valence electrons. The molecule has 4 aromatic rings. The number of benzene rings is 1. The van der Waals surface area contributed by atoms with Gasteiger partial charge in [-0.2, -0.15) is 9.97 Å². The Morgan fingerprint density at radius 2 is 2.03 bits per heavy atom. The first-order valence-corrected chi connectivity index (χ1v) is 11.8. The Morgan fingerprint density at radius 1 is 1.22 bits per heavy atom. The van der Waals surface area contributed by atoms with Crippen molar-refractivity contribution in [1.82, 2.24) is 34.1 Å². The number of carbonyl (C=O) groups is 1. The molecule has 3 atom stereocenters. The van der Waals surface area contributed by atoms with E-state index >= 15 is 0 Å². The second-order valence-corrected chi connectivity index (χ2v) is 9.56. The maximum atomic E-state index is 13.2. The quantitative estimate of drug-likeness (QED) is 0.420. The first-order chi connectivity index (χ1) is 17.4. The summed E-state index contributed by atoms with van der Waals surface area (Å²) < 4.78 is 8.52. The molecular formula is C25H26N8O3. The molecule has 0 radical (unpaired) electrons. The Labute approximate surface area is 206 Å². The number of rotatable bonds is 7. The number of nitrogens with zero attached hydrogens (tertiary/aromatic N) is 7. The minimum atomic E-state index is -0.277. The Morgan fingerprint density at radius 3 is 2.75 bits per heavy atom. The van der Waals surface area contributed by atoms with Crippen LogP contribution < -0.4 is 10.9 Å². The molecule has 11 nitrogen and oxygen atoms in total. The van der Waals surface area contributed by atoms with Crippen LogP contribution in [-0.4, -0.2) is 60.7 Å². The molecule has 1 aromatic carbocycles. The molecule has 0 aliphatic heterocycles. The van der Waals surface area contributed by atoms with Gasteiger partial charge in [-0.1, -0.05) is 41.6 Å². The summed E-state index contributed by atoms with van der Waals surface area (Å²) in [6, 6.07) is 10.4. The van der Waals surface area contributed by atoms with Crippen molar-refractivity contribution >= 4 is 28.6 Å². The Hall–Kier alpha value is -4.28. The van der Waals surface area contributed by atoms with Crippen molar-refractivity contribution in [2.24, 2.45) is 18.9 Å². The zero-order valence-electron chi connectivity index (χ0n) is 20.3. The van der Waals surface area contributed by atoms with Crippen LogP contribution in [0.2, 0.25) is 0 Å². The maximum absolute atomic E-state index is 13.2. The molecule has 0 saturated heterocycles. The Kier molecular flexibility index (Phi) is 5.20. The molecule has 2 aliphatic rings. The zero-order valence-corrected chi connectivity index (χ0v) is 20.3. The minimum Gasteiger partial charge on any atom is -0.347 e. The zero-order chi connectivity index (χ0) is 25.0. The van der Waals surface area contributed by atoms with E-state index in [1.807, 2.05) is 6.07 Å². The molecule has 1 fully saturated rings. The van der Waals surface area contributed by atoms with E-state index < -0.39 is 0 Å². The minimum absolute atomic E-state index is 0.0638. The second-order valence-electron chi connectivity index (χ2n) is 9.56. The molecule has 1 N–H and O–H groups in total. The average Bonchev–Trinajstić information content (AvgIpc) is 3.25. The van der Waals surface area contributed by atoms with E-state index in [-0.39, 0.29) is 30.5 Å². The fraction of sp³-hybridized carbons (Fsp3) is 0.360. The van der Waals surface area contributed by atoms with Gasteiger partial charge in [0, 0.05) is 27.1 Å². The second kappa shape index (κ2) is 8.43. The lowest BCUT2D eigenvalue weighted by atomic mass is 10.0. The molecule has 3 heterocycles. The van der Waals surface area contributed by atoms with Crippen molar-refractivity contribution in [2.45, 2.75) is 18.9 Å². The summed E-state index contributed by atoms with van der Waals surface area (Å²) in [5.41, 5.74) is 3.01. The first kappa shape index (κ1) is 22.2. The lowest BCUT2D eigenvalue weighted by Crippen LogP contribution is -2.29. The molecule has 0 unspecified atom stereocenters. The van der Waals surface area contributed by atoms with Gasteiger partial charge in [-0.15, -0.1) is 0 Å². The first-order valence-electron chi connectivity index (χ1n) is 11.8. The molecule has 2 aliphatic carbocycles. The van der Waals surface area contributed by atoms with Gasteiger partial charge in [-0.25, -0.2) is 4.98 Å². The van der Waals surface area contributed by atoms with Crippen LogP contribution in [0.15, 0.2) is 52.1 Å². The smallest absolute Gasteiger partial charge is 0.280 e. The number of aromatic nitrogens is 6. The van der Waals surface area contributed by atoms with Gasteiger partial charge >= 0.3 is 0 Å². The number of amides is 1. The lowest BCUT2D eigenvalue weighted by molar-refractivity contribution is -0.126. The standard InChI is InChI=1S/C25H26N8O3/c1-31(2)19(34)11-26-25-29-23-21(32(25)3)24(35)33(13-27-23)12-18-28-22(30-36-18)20-16-9-15(10-17(16)20)14-7-5-4-6-8-14/h4-9,13,16-17,20H,10-12H2,1-3H3,(H,26,29)/t16-,17+,20+/m1/s1. The summed E-state index contributed by atoms with van der Waals surface area (Å²) in [7, 11) is 5.06. The van der Waals surface area contributed by atoms with Gasteiger partial charge in [0.2, 0.25) is 17.7 Å². The highest BCUT2D eigenvalue weighted by molar-refractivity contribution is 5.81. The van der Waals surface area contributed by atoms with Gasteiger partial charge < -0.3 is 19.3 Å². The van der Waals surface area contributed by atoms with Gasteiger partial charge in [-0.3, -0.25) is 14.2 Å². The monoisotopic (exact) mass is 486 g/mol. The lowest BCUT2D eigenvalue weighted by Gasteiger charge is -2.11. The van der Waals surface area contributed by atoms with Crippen LogP contribution in [0.3, 0.4) is 0 Å². The molecule has 1 saturated carbocycles. The van der Waals surface area contributed by atoms with Crippen molar-refractivity contribution in [3.8, 4) is 0 Å². The van der Waals surface area contributed by atoms with Gasteiger partial charge in [-0.05, 0) is 29.4 Å². The highest BCUT2D eigenvalue weighted by Crippen LogP contribution is 2.62. The number of likely N-dealkylation sites (N-methyl/N-ethyl adjacent to an activating group) is 1. The fourth-order valence-corrected chi connectivity index (χ4v) is 5.00. The fourth-order valence-electron chi connectivity index (χ4n) is 5.00. The number of nitrogens with one attached hydrogen (secondary N) is 1. The topological polar surface area (TPSA) is 124 Å². The van der Waals surface area contributed by atoms with E-state index in [1.54, 1.807) is 25.7 Å². The Balaban J connectivity index is 1.17. The number of anilines is 1. The normalized spacial score (nSPS) is 20.3. The van der Waals surface area contributed by atoms with Crippen LogP contribution in [0.4, 0.5) is 5.95 Å². The van der Waals surface area contributed by atoms with E-state index in [0.29, 0.717) is 40.7 Å². The number of imidazole rings is 1. The van der Waals surface area contributed by atoms with Crippen molar-refractivity contribution in [1.29, 1.82) is 0 Å². The molecule has 0 bridgehead atoms. The third-order valence-electron chi connectivity index (χ3n) is 7.07. The van der Waals surface area contributed by atoms with E-state index in [2.05, 4.69) is 55.8 Å². The SMILES string of the molecule is CN(C)C(=O)CNc1nc2ncn(Cc3nc([C@H]4[C@@H]5C=C(c6ccccc6)C[C@@H]54)no3)c(=O)c2n1C. The summed E-state index contributed by atoms with van der Waals surface area (Å²) in [6.45, 7) is 0.184. The van der Waals surface area contributed by atoms with E-state index in [0.717, 1.165) is 6.42 Å². The highest BCUT2D eigenvalue weighted by atomic mass is 16.5. The van der Waals surface area contributed by atoms with Crippen LogP contribution in [0, 0.1) is 11.8 Å². The van der Waals surface area contributed by atoms with Gasteiger partial charge in [0.15, 0.2) is 17.0 Å². The molecule has 36 heavy (non-hydrogen) atoms. The summed E-state index contributed by atoms with van der Waals surface area (Å²) in [5.74, 6) is 2.56. The molecule has 3 aromatic heterocycles. The molecule has 11 heteroatoms. The number of fused-ring (bicyclic) bond motifs is 2. The molecule has 6 rings (SSSR count). The number of hydrogen-bond donors (Lipinski definition) is 1. The van der Waals surface area contributed by atoms with Crippen molar-refractivity contribution in [2.75, 3.05) is 26.0 Å². The van der Waals surface area contributed by atoms with E-state index in [1.165, 1.54) is 26.9 Å². The van der Waals surface area contributed by atoms with E-state index in [4.69, 9.17) is 4.52 Å². The van der Waals surface area contributed by atoms with Crippen LogP contribution in [0.25, 0.3) is 16.7 Å². The van der Waals surface area contributed by atoms with Gasteiger partial charge in [0.1, 0.15) is 12.9 Å². The average molecular weight is 487 g/mol. The van der Waals surface area contributed by atoms with Crippen LogP contribution >= 0.6 is 0 Å². The van der Waals surface area contributed by atoms with E-state index in [9.17, 15) is 9.59 Å².